The van der Waals surface area contributed by atoms with Gasteiger partial charge in [-0.25, -0.2) is 0 Å². The molecule has 0 aliphatic heterocycles. The molecule has 2 atom stereocenters. The van der Waals surface area contributed by atoms with Crippen LogP contribution in [0, 0.1) is 11.8 Å². The van der Waals surface area contributed by atoms with Crippen molar-refractivity contribution in [1.29, 1.82) is 0 Å². The molecule has 0 heterocycles. The van der Waals surface area contributed by atoms with Gasteiger partial charge in [0, 0.05) is 0 Å². The Morgan fingerprint density at radius 2 is 1.67 bits per heavy atom. The van der Waals surface area contributed by atoms with Crippen LogP contribution in [-0.4, -0.2) is 0 Å². The standard InChI is InChI=1S/C9H18.C2H6.H3P/c1-3-5-8(4-2)9-6-7-9;1-2;/h8-9H,3-7H2,1-2H3;1-2H3;1H3. The molecule has 0 N–H and O–H groups in total. The molecule has 0 spiro atoms. The second-order valence-electron chi connectivity index (χ2n) is 3.29. The van der Waals surface area contributed by atoms with Crippen LogP contribution in [0.25, 0.3) is 0 Å². The van der Waals surface area contributed by atoms with Gasteiger partial charge in [0.15, 0.2) is 0 Å². The summed E-state index contributed by atoms with van der Waals surface area (Å²) < 4.78 is 0. The van der Waals surface area contributed by atoms with Crippen molar-refractivity contribution in [3.8, 4) is 0 Å². The maximum Gasteiger partial charge on any atom is -0.0386 e. The van der Waals surface area contributed by atoms with Crippen LogP contribution in [0.2, 0.25) is 0 Å². The Bertz CT molecular complexity index is 77.1. The van der Waals surface area contributed by atoms with E-state index in [1.54, 1.807) is 0 Å². The van der Waals surface area contributed by atoms with E-state index in [4.69, 9.17) is 0 Å². The van der Waals surface area contributed by atoms with Crippen molar-refractivity contribution in [3.05, 3.63) is 0 Å². The van der Waals surface area contributed by atoms with E-state index in [0.29, 0.717) is 0 Å². The Labute approximate surface area is 82.1 Å². The van der Waals surface area contributed by atoms with Crippen molar-refractivity contribution < 1.29 is 0 Å². The maximum absolute atomic E-state index is 2.33. The first kappa shape index (κ1) is 14.9. The van der Waals surface area contributed by atoms with Gasteiger partial charge in [-0.15, -0.1) is 0 Å². The topological polar surface area (TPSA) is 0 Å². The van der Waals surface area contributed by atoms with E-state index >= 15 is 0 Å². The molecule has 0 saturated heterocycles. The average Bonchev–Trinajstić information content (AvgIpc) is 2.87. The van der Waals surface area contributed by atoms with Crippen molar-refractivity contribution in [2.75, 3.05) is 0 Å². The molecule has 1 saturated carbocycles. The Balaban J connectivity index is 0. The first-order chi connectivity index (χ1) is 5.38. The monoisotopic (exact) mass is 190 g/mol. The van der Waals surface area contributed by atoms with Crippen LogP contribution in [0.1, 0.15) is 59.8 Å². The third kappa shape index (κ3) is 6.00. The fourth-order valence-corrected chi connectivity index (χ4v) is 1.71. The highest BCUT2D eigenvalue weighted by Crippen LogP contribution is 2.40. The largest absolute Gasteiger partial charge is 0.153 e. The van der Waals surface area contributed by atoms with Gasteiger partial charge in [-0.3, -0.25) is 0 Å². The van der Waals surface area contributed by atoms with E-state index in [0.717, 1.165) is 11.8 Å². The van der Waals surface area contributed by atoms with E-state index in [1.807, 2.05) is 13.8 Å². The van der Waals surface area contributed by atoms with Crippen LogP contribution in [0.4, 0.5) is 0 Å². The highest BCUT2D eigenvalue weighted by atomic mass is 31.0. The van der Waals surface area contributed by atoms with E-state index in [9.17, 15) is 0 Å². The van der Waals surface area contributed by atoms with E-state index in [1.165, 1.54) is 32.1 Å². The molecular weight excluding hydrogens is 163 g/mol. The molecule has 1 aliphatic rings. The predicted molar refractivity (Wildman–Crippen MR) is 63.9 cm³/mol. The summed E-state index contributed by atoms with van der Waals surface area (Å²) in [4.78, 5) is 0. The summed E-state index contributed by atoms with van der Waals surface area (Å²) in [5.41, 5.74) is 0. The zero-order valence-corrected chi connectivity index (χ0v) is 10.8. The highest BCUT2D eigenvalue weighted by Gasteiger charge is 2.28. The van der Waals surface area contributed by atoms with Crippen LogP contribution in [0.5, 0.6) is 0 Å². The summed E-state index contributed by atoms with van der Waals surface area (Å²) in [5, 5.41) is 0. The van der Waals surface area contributed by atoms with Crippen LogP contribution in [0.15, 0.2) is 0 Å². The molecule has 0 aromatic heterocycles. The fraction of sp³-hybridized carbons (Fsp3) is 1.00. The molecular formula is C11H27P. The van der Waals surface area contributed by atoms with Gasteiger partial charge < -0.3 is 0 Å². The van der Waals surface area contributed by atoms with E-state index in [2.05, 4.69) is 13.8 Å². The predicted octanol–water partition coefficient (Wildman–Crippen LogP) is 4.31. The summed E-state index contributed by atoms with van der Waals surface area (Å²) in [6.07, 6.45) is 7.33. The van der Waals surface area contributed by atoms with Crippen molar-refractivity contribution in [2.45, 2.75) is 59.8 Å². The molecule has 1 fully saturated rings. The lowest BCUT2D eigenvalue weighted by atomic mass is 9.96. The summed E-state index contributed by atoms with van der Waals surface area (Å²) in [6, 6.07) is 0. The lowest BCUT2D eigenvalue weighted by molar-refractivity contribution is 0.411. The number of hydrogen-bond donors (Lipinski definition) is 0. The quantitative estimate of drug-likeness (QED) is 0.579. The van der Waals surface area contributed by atoms with Crippen molar-refractivity contribution in [2.24, 2.45) is 11.8 Å². The lowest BCUT2D eigenvalue weighted by Crippen LogP contribution is -1.99. The third-order valence-electron chi connectivity index (χ3n) is 2.47. The summed E-state index contributed by atoms with van der Waals surface area (Å²) in [7, 11) is 0. The number of hydrogen-bond acceptors (Lipinski definition) is 0. The minimum Gasteiger partial charge on any atom is -0.153 e. The molecule has 0 aromatic carbocycles. The molecule has 76 valence electrons. The van der Waals surface area contributed by atoms with E-state index < -0.39 is 0 Å². The van der Waals surface area contributed by atoms with Gasteiger partial charge >= 0.3 is 0 Å². The summed E-state index contributed by atoms with van der Waals surface area (Å²) in [5.74, 6) is 2.21. The van der Waals surface area contributed by atoms with Gasteiger partial charge in [0.2, 0.25) is 0 Å². The molecule has 1 aliphatic carbocycles. The summed E-state index contributed by atoms with van der Waals surface area (Å²) in [6.45, 7) is 8.63. The molecule has 1 rings (SSSR count). The van der Waals surface area contributed by atoms with Crippen molar-refractivity contribution in [1.82, 2.24) is 0 Å². The van der Waals surface area contributed by atoms with Gasteiger partial charge in [-0.2, -0.15) is 9.90 Å². The highest BCUT2D eigenvalue weighted by molar-refractivity contribution is 6.92. The van der Waals surface area contributed by atoms with Gasteiger partial charge in [-0.05, 0) is 24.7 Å². The molecule has 12 heavy (non-hydrogen) atoms. The molecule has 1 heteroatoms. The zero-order valence-electron chi connectivity index (χ0n) is 9.40. The molecule has 0 nitrogen and oxygen atoms in total. The zero-order chi connectivity index (χ0) is 8.69. The van der Waals surface area contributed by atoms with Crippen LogP contribution < -0.4 is 0 Å². The van der Waals surface area contributed by atoms with Gasteiger partial charge in [-0.1, -0.05) is 47.0 Å². The van der Waals surface area contributed by atoms with Crippen molar-refractivity contribution in [3.63, 3.8) is 0 Å². The van der Waals surface area contributed by atoms with Crippen LogP contribution >= 0.6 is 9.90 Å². The Morgan fingerprint density at radius 3 is 1.92 bits per heavy atom. The Kier molecular flexibility index (Phi) is 11.8. The maximum atomic E-state index is 2.33. The first-order valence-electron chi connectivity index (χ1n) is 5.38. The SMILES string of the molecule is CC.CCCC(CC)C1CC1.P. The molecule has 2 unspecified atom stereocenters. The van der Waals surface area contributed by atoms with Gasteiger partial charge in [0.25, 0.3) is 0 Å². The van der Waals surface area contributed by atoms with E-state index in [-0.39, 0.29) is 9.90 Å². The summed E-state index contributed by atoms with van der Waals surface area (Å²) >= 11 is 0. The lowest BCUT2D eigenvalue weighted by Gasteiger charge is -2.10. The Morgan fingerprint density at radius 1 is 1.17 bits per heavy atom. The van der Waals surface area contributed by atoms with Crippen LogP contribution in [-0.2, 0) is 0 Å². The smallest absolute Gasteiger partial charge is 0.0386 e. The van der Waals surface area contributed by atoms with Gasteiger partial charge in [0.1, 0.15) is 0 Å². The molecule has 0 amide bonds. The van der Waals surface area contributed by atoms with Crippen LogP contribution in [0.3, 0.4) is 0 Å². The Hall–Kier alpha value is 0.430. The molecule has 0 bridgehead atoms. The van der Waals surface area contributed by atoms with Crippen molar-refractivity contribution >= 4 is 9.90 Å². The second kappa shape index (κ2) is 9.52. The minimum atomic E-state index is 0. The second-order valence-corrected chi connectivity index (χ2v) is 3.29. The fourth-order valence-electron chi connectivity index (χ4n) is 1.71. The number of rotatable bonds is 4. The molecule has 0 radical (unpaired) electrons. The minimum absolute atomic E-state index is 0. The third-order valence-corrected chi connectivity index (χ3v) is 2.47. The normalized spacial score (nSPS) is 17.0. The van der Waals surface area contributed by atoms with Gasteiger partial charge in [0.05, 0.1) is 0 Å². The average molecular weight is 190 g/mol. The molecule has 0 aromatic rings. The first-order valence-corrected chi connectivity index (χ1v) is 5.38.